The van der Waals surface area contributed by atoms with Crippen molar-refractivity contribution in [2.45, 2.75) is 56.0 Å². The Balaban J connectivity index is 1.84. The molecule has 2 heterocycles. The molecule has 2 atom stereocenters. The first-order valence-corrected chi connectivity index (χ1v) is 7.38. The summed E-state index contributed by atoms with van der Waals surface area (Å²) < 4.78 is 39.2. The maximum Gasteiger partial charge on any atom is 0.416 e. The second-order valence-electron chi connectivity index (χ2n) is 6.51. The lowest BCUT2D eigenvalue weighted by Crippen LogP contribution is -2.50. The van der Waals surface area contributed by atoms with Gasteiger partial charge in [-0.1, -0.05) is 18.2 Å². The van der Waals surface area contributed by atoms with Gasteiger partial charge in [-0.15, -0.1) is 0 Å². The van der Waals surface area contributed by atoms with Crippen molar-refractivity contribution < 1.29 is 18.3 Å². The highest BCUT2D eigenvalue weighted by atomic mass is 19.4. The molecule has 0 amide bonds. The maximum absolute atomic E-state index is 13.1. The first-order chi connectivity index (χ1) is 9.78. The quantitative estimate of drug-likeness (QED) is 0.906. The van der Waals surface area contributed by atoms with Gasteiger partial charge in [-0.2, -0.15) is 13.2 Å². The zero-order valence-electron chi connectivity index (χ0n) is 12.0. The minimum atomic E-state index is -4.36. The van der Waals surface area contributed by atoms with E-state index in [1.807, 2.05) is 7.05 Å². The third-order valence-corrected chi connectivity index (χ3v) is 5.06. The number of alkyl halides is 3. The highest BCUT2D eigenvalue weighted by Gasteiger charge is 2.46. The van der Waals surface area contributed by atoms with Gasteiger partial charge in [0, 0.05) is 18.5 Å². The predicted molar refractivity (Wildman–Crippen MR) is 73.9 cm³/mol. The minimum Gasteiger partial charge on any atom is -0.389 e. The van der Waals surface area contributed by atoms with Gasteiger partial charge in [0.05, 0.1) is 11.2 Å². The first-order valence-electron chi connectivity index (χ1n) is 7.38. The molecular formula is C16H20F3NO. The zero-order valence-corrected chi connectivity index (χ0v) is 12.0. The van der Waals surface area contributed by atoms with Crippen molar-refractivity contribution in [3.8, 4) is 0 Å². The largest absolute Gasteiger partial charge is 0.416 e. The third-order valence-electron chi connectivity index (χ3n) is 5.06. The van der Waals surface area contributed by atoms with E-state index in [4.69, 9.17) is 0 Å². The molecule has 2 saturated heterocycles. The van der Waals surface area contributed by atoms with Gasteiger partial charge in [0.1, 0.15) is 0 Å². The van der Waals surface area contributed by atoms with E-state index >= 15 is 0 Å². The summed E-state index contributed by atoms with van der Waals surface area (Å²) in [5.41, 5.74) is -1.43. The molecule has 21 heavy (non-hydrogen) atoms. The number of fused-ring (bicyclic) bond motifs is 2. The molecule has 2 aliphatic rings. The van der Waals surface area contributed by atoms with Gasteiger partial charge >= 0.3 is 6.18 Å². The van der Waals surface area contributed by atoms with Crippen LogP contribution in [0.1, 0.15) is 36.8 Å². The smallest absolute Gasteiger partial charge is 0.389 e. The van der Waals surface area contributed by atoms with Crippen molar-refractivity contribution in [2.24, 2.45) is 0 Å². The number of hydrogen-bond acceptors (Lipinski definition) is 2. The average molecular weight is 299 g/mol. The molecule has 2 fully saturated rings. The molecule has 1 N–H and O–H groups in total. The summed E-state index contributed by atoms with van der Waals surface area (Å²) in [7, 11) is 2.05. The fraction of sp³-hybridized carbons (Fsp3) is 0.625. The van der Waals surface area contributed by atoms with E-state index in [1.165, 1.54) is 12.1 Å². The van der Waals surface area contributed by atoms with Gasteiger partial charge in [0.15, 0.2) is 0 Å². The molecule has 2 nitrogen and oxygen atoms in total. The molecule has 2 unspecified atom stereocenters. The Labute approximate surface area is 122 Å². The average Bonchev–Trinajstić information content (AvgIpc) is 2.61. The number of hydrogen-bond donors (Lipinski definition) is 1. The summed E-state index contributed by atoms with van der Waals surface area (Å²) in [5.74, 6) is 0. The van der Waals surface area contributed by atoms with Crippen LogP contribution in [0.2, 0.25) is 0 Å². The van der Waals surface area contributed by atoms with Gasteiger partial charge in [0.2, 0.25) is 0 Å². The maximum atomic E-state index is 13.1. The van der Waals surface area contributed by atoms with Gasteiger partial charge < -0.3 is 10.0 Å². The van der Waals surface area contributed by atoms with Crippen LogP contribution in [0, 0.1) is 0 Å². The zero-order chi connectivity index (χ0) is 15.3. The van der Waals surface area contributed by atoms with Crippen LogP contribution in [-0.4, -0.2) is 34.7 Å². The molecule has 1 aromatic rings. The van der Waals surface area contributed by atoms with E-state index in [9.17, 15) is 18.3 Å². The highest BCUT2D eigenvalue weighted by molar-refractivity contribution is 5.31. The second-order valence-corrected chi connectivity index (χ2v) is 6.51. The lowest BCUT2D eigenvalue weighted by Gasteiger charge is -2.42. The van der Waals surface area contributed by atoms with Crippen LogP contribution in [0.5, 0.6) is 0 Å². The van der Waals surface area contributed by atoms with E-state index in [0.717, 1.165) is 18.9 Å². The lowest BCUT2D eigenvalue weighted by molar-refractivity contribution is -0.138. The molecule has 3 rings (SSSR count). The summed E-state index contributed by atoms with van der Waals surface area (Å²) in [4.78, 5) is 2.27. The molecule has 0 aliphatic carbocycles. The summed E-state index contributed by atoms with van der Waals surface area (Å²) >= 11 is 0. The van der Waals surface area contributed by atoms with E-state index in [-0.39, 0.29) is 12.0 Å². The molecule has 0 aromatic heterocycles. The van der Waals surface area contributed by atoms with Crippen molar-refractivity contribution in [1.29, 1.82) is 0 Å². The molecule has 2 aliphatic heterocycles. The van der Waals surface area contributed by atoms with Crippen LogP contribution in [-0.2, 0) is 12.6 Å². The Morgan fingerprint density at radius 2 is 1.76 bits per heavy atom. The number of benzene rings is 1. The molecule has 0 spiro atoms. The normalized spacial score (nSPS) is 33.4. The van der Waals surface area contributed by atoms with Crippen molar-refractivity contribution in [3.05, 3.63) is 35.4 Å². The number of rotatable bonds is 2. The topological polar surface area (TPSA) is 23.5 Å². The number of piperidine rings is 1. The molecule has 5 heteroatoms. The van der Waals surface area contributed by atoms with Crippen LogP contribution < -0.4 is 0 Å². The lowest BCUT2D eigenvalue weighted by atomic mass is 9.80. The third kappa shape index (κ3) is 2.81. The highest BCUT2D eigenvalue weighted by Crippen LogP contribution is 2.42. The van der Waals surface area contributed by atoms with Crippen molar-refractivity contribution in [2.75, 3.05) is 7.05 Å². The molecule has 2 bridgehead atoms. The summed E-state index contributed by atoms with van der Waals surface area (Å²) in [6, 6.07) is 6.19. The predicted octanol–water partition coefficient (Wildman–Crippen LogP) is 3.24. The monoisotopic (exact) mass is 299 g/mol. The molecule has 1 aromatic carbocycles. The van der Waals surface area contributed by atoms with Crippen molar-refractivity contribution in [3.63, 3.8) is 0 Å². The van der Waals surface area contributed by atoms with Crippen molar-refractivity contribution in [1.82, 2.24) is 4.90 Å². The van der Waals surface area contributed by atoms with Crippen LogP contribution >= 0.6 is 0 Å². The van der Waals surface area contributed by atoms with Gasteiger partial charge in [-0.25, -0.2) is 0 Å². The van der Waals surface area contributed by atoms with E-state index < -0.39 is 17.3 Å². The molecular weight excluding hydrogens is 279 g/mol. The standard InChI is InChI=1S/C16H20F3NO/c1-20-12-6-7-13(20)10-15(21,9-12)8-11-4-2-3-5-14(11)16(17,18)19/h2-5,12-13,21H,6-10H2,1H3. The van der Waals surface area contributed by atoms with Gasteiger partial charge in [-0.3, -0.25) is 0 Å². The van der Waals surface area contributed by atoms with E-state index in [1.54, 1.807) is 6.07 Å². The Kier molecular flexibility index (Phi) is 3.53. The fourth-order valence-electron chi connectivity index (χ4n) is 3.99. The Hall–Kier alpha value is -1.07. The number of nitrogens with zero attached hydrogens (tertiary/aromatic N) is 1. The van der Waals surface area contributed by atoms with Crippen LogP contribution in [0.4, 0.5) is 13.2 Å². The van der Waals surface area contributed by atoms with E-state index in [2.05, 4.69) is 4.90 Å². The van der Waals surface area contributed by atoms with Crippen LogP contribution in [0.25, 0.3) is 0 Å². The summed E-state index contributed by atoms with van der Waals surface area (Å²) in [5, 5.41) is 10.8. The van der Waals surface area contributed by atoms with Crippen molar-refractivity contribution >= 4 is 0 Å². The second kappa shape index (κ2) is 4.99. The molecule has 0 radical (unpaired) electrons. The Morgan fingerprint density at radius 1 is 1.19 bits per heavy atom. The van der Waals surface area contributed by atoms with Gasteiger partial charge in [-0.05, 0) is 44.4 Å². The minimum absolute atomic E-state index is 0.0868. The summed E-state index contributed by atoms with van der Waals surface area (Å²) in [6.45, 7) is 0. The molecule has 116 valence electrons. The SMILES string of the molecule is CN1C2CCC1CC(O)(Cc1ccccc1C(F)(F)F)C2. The summed E-state index contributed by atoms with van der Waals surface area (Å²) in [6.07, 6.45) is -1.09. The van der Waals surface area contributed by atoms with Crippen LogP contribution in [0.15, 0.2) is 24.3 Å². The Morgan fingerprint density at radius 3 is 2.33 bits per heavy atom. The van der Waals surface area contributed by atoms with Gasteiger partial charge in [0.25, 0.3) is 0 Å². The first kappa shape index (κ1) is 14.9. The molecule has 0 saturated carbocycles. The van der Waals surface area contributed by atoms with Crippen LogP contribution in [0.3, 0.4) is 0 Å². The van der Waals surface area contributed by atoms with E-state index in [0.29, 0.717) is 24.9 Å². The number of aliphatic hydroxyl groups is 1. The fourth-order valence-corrected chi connectivity index (χ4v) is 3.99. The number of halogens is 3. The Bertz CT molecular complexity index is 514.